The Morgan fingerprint density at radius 2 is 2.04 bits per heavy atom. The molecule has 0 amide bonds. The molecule has 0 aliphatic carbocycles. The van der Waals surface area contributed by atoms with Gasteiger partial charge in [-0.05, 0) is 32.6 Å². The molecule has 0 radical (unpaired) electrons. The molecule has 1 aliphatic heterocycles. The van der Waals surface area contributed by atoms with Gasteiger partial charge in [0.25, 0.3) is 0 Å². The van der Waals surface area contributed by atoms with Crippen LogP contribution >= 0.6 is 24.0 Å². The molecule has 1 saturated heterocycles. The van der Waals surface area contributed by atoms with Gasteiger partial charge in [0.1, 0.15) is 0 Å². The van der Waals surface area contributed by atoms with Crippen LogP contribution in [-0.2, 0) is 14.6 Å². The van der Waals surface area contributed by atoms with Crippen LogP contribution in [0, 0.1) is 5.92 Å². The average molecular weight is 461 g/mol. The van der Waals surface area contributed by atoms with Crippen molar-refractivity contribution in [3.05, 3.63) is 0 Å². The van der Waals surface area contributed by atoms with E-state index in [1.807, 2.05) is 13.8 Å². The third-order valence-electron chi connectivity index (χ3n) is 3.73. The van der Waals surface area contributed by atoms with E-state index in [4.69, 9.17) is 4.74 Å². The molecule has 2 N–H and O–H groups in total. The van der Waals surface area contributed by atoms with E-state index in [2.05, 4.69) is 29.5 Å². The zero-order valence-corrected chi connectivity index (χ0v) is 17.8. The van der Waals surface area contributed by atoms with Gasteiger partial charge in [0, 0.05) is 25.7 Å². The van der Waals surface area contributed by atoms with E-state index in [9.17, 15) is 8.42 Å². The summed E-state index contributed by atoms with van der Waals surface area (Å²) in [5, 5.41) is 6.40. The number of sulfone groups is 1. The summed E-state index contributed by atoms with van der Waals surface area (Å²) in [4.78, 5) is 4.55. The monoisotopic (exact) mass is 461 g/mol. The quantitative estimate of drug-likeness (QED) is 0.328. The second-order valence-electron chi connectivity index (χ2n) is 6.03. The molecule has 0 spiro atoms. The van der Waals surface area contributed by atoms with E-state index in [1.54, 1.807) is 0 Å². The Balaban J connectivity index is 0.00000484. The normalized spacial score (nSPS) is 21.8. The second kappa shape index (κ2) is 11.5. The lowest BCUT2D eigenvalue weighted by atomic mass is 10.0. The van der Waals surface area contributed by atoms with Crippen molar-refractivity contribution < 1.29 is 13.2 Å². The molecule has 2 unspecified atom stereocenters. The Morgan fingerprint density at radius 1 is 1.35 bits per heavy atom. The summed E-state index contributed by atoms with van der Waals surface area (Å²) in [5.74, 6) is 1.63. The van der Waals surface area contributed by atoms with E-state index in [1.165, 1.54) is 0 Å². The standard InChI is InChI=1S/C15H31N3O3S.HI/c1-5-16-15(18-13-8-10-22(19,20)11-13)17-9-7-14(12(3)4)21-6-2;/h12-14H,5-11H2,1-4H3,(H2,16,17,18);1H. The SMILES string of the molecule is CCNC(=NCCC(OCC)C(C)C)NC1CCS(=O)(=O)C1.I. The lowest BCUT2D eigenvalue weighted by molar-refractivity contribution is 0.0266. The molecule has 1 aliphatic rings. The highest BCUT2D eigenvalue weighted by atomic mass is 127. The van der Waals surface area contributed by atoms with Crippen molar-refractivity contribution in [1.29, 1.82) is 0 Å². The summed E-state index contributed by atoms with van der Waals surface area (Å²) in [6.45, 7) is 10.4. The van der Waals surface area contributed by atoms with Gasteiger partial charge < -0.3 is 15.4 Å². The van der Waals surface area contributed by atoms with E-state index in [0.29, 0.717) is 31.4 Å². The lowest BCUT2D eigenvalue weighted by Crippen LogP contribution is -2.44. The van der Waals surface area contributed by atoms with Gasteiger partial charge in [0.15, 0.2) is 15.8 Å². The van der Waals surface area contributed by atoms with Gasteiger partial charge >= 0.3 is 0 Å². The Bertz CT molecular complexity index is 455. The Morgan fingerprint density at radius 3 is 2.52 bits per heavy atom. The summed E-state index contributed by atoms with van der Waals surface area (Å²) in [6, 6.07) is -0.0319. The summed E-state index contributed by atoms with van der Waals surface area (Å²) in [7, 11) is -2.87. The summed E-state index contributed by atoms with van der Waals surface area (Å²) in [6.07, 6.45) is 1.73. The maximum Gasteiger partial charge on any atom is 0.191 e. The van der Waals surface area contributed by atoms with Crippen molar-refractivity contribution in [3.8, 4) is 0 Å². The molecule has 0 aromatic carbocycles. The first-order valence-corrected chi connectivity index (χ1v) is 10.1. The summed E-state index contributed by atoms with van der Waals surface area (Å²) < 4.78 is 28.7. The highest BCUT2D eigenvalue weighted by molar-refractivity contribution is 14.0. The number of halogens is 1. The van der Waals surface area contributed by atoms with Crippen LogP contribution in [0.4, 0.5) is 0 Å². The molecule has 1 fully saturated rings. The minimum atomic E-state index is -2.87. The summed E-state index contributed by atoms with van der Waals surface area (Å²) >= 11 is 0. The largest absolute Gasteiger partial charge is 0.378 e. The van der Waals surface area contributed by atoms with Gasteiger partial charge in [0.2, 0.25) is 0 Å². The zero-order valence-electron chi connectivity index (χ0n) is 14.7. The molecular formula is C15H32IN3O3S. The Kier molecular flexibility index (Phi) is 11.4. The fourth-order valence-corrected chi connectivity index (χ4v) is 4.22. The van der Waals surface area contributed by atoms with Crippen LogP contribution in [0.15, 0.2) is 4.99 Å². The second-order valence-corrected chi connectivity index (χ2v) is 8.26. The molecule has 0 bridgehead atoms. The molecule has 0 aromatic heterocycles. The topological polar surface area (TPSA) is 79.8 Å². The molecule has 6 nitrogen and oxygen atoms in total. The predicted octanol–water partition coefficient (Wildman–Crippen LogP) is 1.80. The first kappa shape index (κ1) is 22.9. The predicted molar refractivity (Wildman–Crippen MR) is 106 cm³/mol. The molecular weight excluding hydrogens is 429 g/mol. The van der Waals surface area contributed by atoms with Crippen LogP contribution in [0.2, 0.25) is 0 Å². The van der Waals surface area contributed by atoms with Crippen LogP contribution in [0.3, 0.4) is 0 Å². The van der Waals surface area contributed by atoms with E-state index >= 15 is 0 Å². The van der Waals surface area contributed by atoms with Crippen molar-refractivity contribution in [3.63, 3.8) is 0 Å². The van der Waals surface area contributed by atoms with Crippen LogP contribution in [0.1, 0.15) is 40.5 Å². The minimum absolute atomic E-state index is 0. The van der Waals surface area contributed by atoms with Gasteiger partial charge in [-0.1, -0.05) is 13.8 Å². The number of aliphatic imine (C=N–C) groups is 1. The van der Waals surface area contributed by atoms with Gasteiger partial charge in [-0.2, -0.15) is 0 Å². The van der Waals surface area contributed by atoms with Crippen LogP contribution in [0.25, 0.3) is 0 Å². The smallest absolute Gasteiger partial charge is 0.191 e. The average Bonchev–Trinajstić information content (AvgIpc) is 2.77. The third-order valence-corrected chi connectivity index (χ3v) is 5.49. The van der Waals surface area contributed by atoms with E-state index < -0.39 is 9.84 Å². The molecule has 8 heteroatoms. The van der Waals surface area contributed by atoms with Crippen molar-refractivity contribution in [2.24, 2.45) is 10.9 Å². The third kappa shape index (κ3) is 9.09. The number of nitrogens with one attached hydrogen (secondary N) is 2. The van der Waals surface area contributed by atoms with Crippen LogP contribution in [-0.4, -0.2) is 57.7 Å². The number of hydrogen-bond acceptors (Lipinski definition) is 4. The fourth-order valence-electron chi connectivity index (χ4n) is 2.55. The first-order valence-electron chi connectivity index (χ1n) is 8.24. The molecule has 0 saturated carbocycles. The van der Waals surface area contributed by atoms with Gasteiger partial charge in [-0.25, -0.2) is 8.42 Å². The van der Waals surface area contributed by atoms with Gasteiger partial charge in [-0.15, -0.1) is 24.0 Å². The maximum absolute atomic E-state index is 11.5. The number of guanidine groups is 1. The molecule has 2 atom stereocenters. The van der Waals surface area contributed by atoms with Crippen molar-refractivity contribution >= 4 is 39.8 Å². The Labute approximate surface area is 158 Å². The molecule has 0 aromatic rings. The molecule has 1 rings (SSSR count). The molecule has 1 heterocycles. The van der Waals surface area contributed by atoms with Crippen LogP contribution in [0.5, 0.6) is 0 Å². The van der Waals surface area contributed by atoms with E-state index in [-0.39, 0.29) is 47.6 Å². The number of hydrogen-bond donors (Lipinski definition) is 2. The van der Waals surface area contributed by atoms with Gasteiger partial charge in [0.05, 0.1) is 17.6 Å². The van der Waals surface area contributed by atoms with Gasteiger partial charge in [-0.3, -0.25) is 4.99 Å². The number of nitrogens with zero attached hydrogens (tertiary/aromatic N) is 1. The first-order chi connectivity index (χ1) is 10.4. The molecule has 138 valence electrons. The molecule has 23 heavy (non-hydrogen) atoms. The lowest BCUT2D eigenvalue weighted by Gasteiger charge is -2.20. The van der Waals surface area contributed by atoms with Crippen molar-refractivity contribution in [1.82, 2.24) is 10.6 Å². The van der Waals surface area contributed by atoms with Crippen molar-refractivity contribution in [2.45, 2.75) is 52.7 Å². The number of ether oxygens (including phenoxy) is 1. The Hall–Kier alpha value is -0.0900. The minimum Gasteiger partial charge on any atom is -0.378 e. The highest BCUT2D eigenvalue weighted by Gasteiger charge is 2.28. The zero-order chi connectivity index (χ0) is 16.6. The van der Waals surface area contributed by atoms with Crippen LogP contribution < -0.4 is 10.6 Å². The summed E-state index contributed by atoms with van der Waals surface area (Å²) in [5.41, 5.74) is 0. The van der Waals surface area contributed by atoms with Crippen molar-refractivity contribution in [2.75, 3.05) is 31.2 Å². The maximum atomic E-state index is 11.5. The van der Waals surface area contributed by atoms with E-state index in [0.717, 1.165) is 13.0 Å². The number of rotatable bonds is 8. The fraction of sp³-hybridized carbons (Fsp3) is 0.933. The highest BCUT2D eigenvalue weighted by Crippen LogP contribution is 2.12.